The Morgan fingerprint density at radius 2 is 2.03 bits per heavy atom. The van der Waals surface area contributed by atoms with Gasteiger partial charge in [-0.3, -0.25) is 0 Å². The molecule has 5 rings (SSSR count). The van der Waals surface area contributed by atoms with Crippen LogP contribution in [-0.2, 0) is 14.6 Å². The third-order valence-corrected chi connectivity index (χ3v) is 10.4. The molecule has 1 aliphatic heterocycles. The maximum absolute atomic E-state index is 12.9. The summed E-state index contributed by atoms with van der Waals surface area (Å²) in [5.41, 5.74) is 2.23. The predicted molar refractivity (Wildman–Crippen MR) is 149 cm³/mol. The highest BCUT2D eigenvalue weighted by atomic mass is 32.2. The van der Waals surface area contributed by atoms with Gasteiger partial charge in [0.1, 0.15) is 5.82 Å². The van der Waals surface area contributed by atoms with Crippen LogP contribution in [0, 0.1) is 0 Å². The lowest BCUT2D eigenvalue weighted by Gasteiger charge is -2.36. The summed E-state index contributed by atoms with van der Waals surface area (Å²) in [6.45, 7) is 4.41. The molecule has 2 aromatic heterocycles. The number of nitrogens with one attached hydrogen (secondary N) is 2. The second-order valence-electron chi connectivity index (χ2n) is 9.76. The summed E-state index contributed by atoms with van der Waals surface area (Å²) < 4.78 is 31.6. The van der Waals surface area contributed by atoms with Crippen LogP contribution in [0.5, 0.6) is 0 Å². The number of urea groups is 1. The number of hydrogen-bond acceptors (Lipinski definition) is 10. The first-order valence-corrected chi connectivity index (χ1v) is 15.4. The van der Waals surface area contributed by atoms with Crippen LogP contribution in [0.2, 0.25) is 0 Å². The molecule has 208 valence electrons. The maximum atomic E-state index is 12.9. The third-order valence-electron chi connectivity index (χ3n) is 7.02. The van der Waals surface area contributed by atoms with Crippen molar-refractivity contribution < 1.29 is 23.1 Å². The number of carbonyl (C=O) groups is 1. The molecule has 13 heteroatoms. The second-order valence-corrected chi connectivity index (χ2v) is 13.1. The molecule has 1 atom stereocenters. The molecule has 1 aliphatic carbocycles. The Bertz CT molecular complexity index is 1380. The van der Waals surface area contributed by atoms with Gasteiger partial charge >= 0.3 is 6.03 Å². The summed E-state index contributed by atoms with van der Waals surface area (Å²) in [4.78, 5) is 28.0. The van der Waals surface area contributed by atoms with Crippen LogP contribution in [0.25, 0.3) is 11.4 Å². The van der Waals surface area contributed by atoms with Crippen LogP contribution < -0.4 is 15.5 Å². The normalized spacial score (nSPS) is 21.3. The number of nitrogens with zero attached hydrogens (tertiary/aromatic N) is 4. The number of thiazole rings is 1. The Kier molecular flexibility index (Phi) is 8.40. The molecule has 3 N–H and O–H groups in total. The van der Waals surface area contributed by atoms with Gasteiger partial charge in [-0.15, -0.1) is 11.3 Å². The molecule has 2 fully saturated rings. The van der Waals surface area contributed by atoms with Crippen LogP contribution >= 0.6 is 11.3 Å². The molecule has 1 saturated carbocycles. The van der Waals surface area contributed by atoms with Crippen LogP contribution in [0.15, 0.2) is 46.2 Å². The molecule has 0 unspecified atom stereocenters. The Balaban J connectivity index is 1.37. The molecule has 11 nitrogen and oxygen atoms in total. The minimum Gasteiger partial charge on any atom is -0.396 e. The van der Waals surface area contributed by atoms with Gasteiger partial charge in [-0.25, -0.2) is 28.2 Å². The minimum absolute atomic E-state index is 0.00476. The van der Waals surface area contributed by atoms with E-state index >= 15 is 0 Å². The van der Waals surface area contributed by atoms with E-state index in [1.165, 1.54) is 6.20 Å². The number of ether oxygens (including phenoxy) is 1. The van der Waals surface area contributed by atoms with Gasteiger partial charge < -0.3 is 25.4 Å². The van der Waals surface area contributed by atoms with Crippen LogP contribution in [0.4, 0.5) is 16.3 Å². The summed E-state index contributed by atoms with van der Waals surface area (Å²) in [6.07, 6.45) is 2.99. The van der Waals surface area contributed by atoms with Crippen molar-refractivity contribution in [2.75, 3.05) is 43.1 Å². The number of hydrogen-bond donors (Lipinski definition) is 3. The van der Waals surface area contributed by atoms with Gasteiger partial charge in [0.15, 0.2) is 5.82 Å². The summed E-state index contributed by atoms with van der Waals surface area (Å²) in [7, 11) is -3.44. The average Bonchev–Trinajstić information content (AvgIpc) is 3.45. The van der Waals surface area contributed by atoms with Crippen LogP contribution in [0.3, 0.4) is 0 Å². The quantitative estimate of drug-likeness (QED) is 0.329. The molecule has 1 saturated heterocycles. The van der Waals surface area contributed by atoms with Gasteiger partial charge in [0, 0.05) is 60.2 Å². The summed E-state index contributed by atoms with van der Waals surface area (Å²) in [5.74, 6) is 1.35. The number of carbonyl (C=O) groups excluding carboxylic acids is 1. The highest BCUT2D eigenvalue weighted by Gasteiger charge is 2.42. The van der Waals surface area contributed by atoms with Gasteiger partial charge in [0.25, 0.3) is 0 Å². The predicted octanol–water partition coefficient (Wildman–Crippen LogP) is 3.05. The molecule has 39 heavy (non-hydrogen) atoms. The van der Waals surface area contributed by atoms with Crippen molar-refractivity contribution in [3.05, 3.63) is 47.6 Å². The molecule has 0 bridgehead atoms. The van der Waals surface area contributed by atoms with E-state index in [-0.39, 0.29) is 28.9 Å². The summed E-state index contributed by atoms with van der Waals surface area (Å²) >= 11 is 1.15. The summed E-state index contributed by atoms with van der Waals surface area (Å²) in [5, 5.41) is 15.5. The smallest absolute Gasteiger partial charge is 0.319 e. The van der Waals surface area contributed by atoms with E-state index in [4.69, 9.17) is 19.8 Å². The lowest BCUT2D eigenvalue weighted by molar-refractivity contribution is 0.0985. The first-order chi connectivity index (χ1) is 18.8. The van der Waals surface area contributed by atoms with E-state index in [0.717, 1.165) is 28.4 Å². The fraction of sp³-hybridized carbons (Fsp3) is 0.462. The third kappa shape index (κ3) is 6.21. The number of aromatic nitrogens is 3. The van der Waals surface area contributed by atoms with Crippen molar-refractivity contribution >= 4 is 38.7 Å². The number of amides is 2. The molecule has 0 radical (unpaired) electrons. The number of sulfone groups is 1. The molecule has 0 spiro atoms. The largest absolute Gasteiger partial charge is 0.396 e. The van der Waals surface area contributed by atoms with Gasteiger partial charge in [-0.2, -0.15) is 0 Å². The first kappa shape index (κ1) is 27.4. The highest BCUT2D eigenvalue weighted by molar-refractivity contribution is 7.94. The molecule has 3 heterocycles. The van der Waals surface area contributed by atoms with Crippen LogP contribution in [-0.4, -0.2) is 78.7 Å². The minimum atomic E-state index is -3.44. The fourth-order valence-corrected chi connectivity index (χ4v) is 7.65. The first-order valence-electron chi connectivity index (χ1n) is 13.0. The monoisotopic (exact) mass is 572 g/mol. The van der Waals surface area contributed by atoms with Crippen molar-refractivity contribution in [3.8, 4) is 11.4 Å². The van der Waals surface area contributed by atoms with E-state index in [9.17, 15) is 13.2 Å². The Morgan fingerprint density at radius 1 is 1.23 bits per heavy atom. The molecule has 2 aliphatic rings. The number of benzene rings is 1. The number of anilines is 2. The number of aliphatic hydroxyl groups excluding tert-OH is 1. The number of aliphatic hydroxyl groups is 1. The van der Waals surface area contributed by atoms with E-state index in [0.29, 0.717) is 57.1 Å². The zero-order chi connectivity index (χ0) is 27.4. The van der Waals surface area contributed by atoms with E-state index < -0.39 is 15.1 Å². The van der Waals surface area contributed by atoms with Gasteiger partial charge in [-0.1, -0.05) is 0 Å². The van der Waals surface area contributed by atoms with Gasteiger partial charge in [0.05, 0.1) is 24.5 Å². The molecular formula is C26H32N6O5S2. The Labute approximate surface area is 231 Å². The lowest BCUT2D eigenvalue weighted by atomic mass is 9.82. The molecule has 2 amide bonds. The topological polar surface area (TPSA) is 147 Å². The van der Waals surface area contributed by atoms with Crippen molar-refractivity contribution in [3.63, 3.8) is 0 Å². The van der Waals surface area contributed by atoms with Crippen molar-refractivity contribution in [1.29, 1.82) is 0 Å². The zero-order valence-corrected chi connectivity index (χ0v) is 23.2. The summed E-state index contributed by atoms with van der Waals surface area (Å²) in [6, 6.07) is 9.06. The molecule has 1 aromatic carbocycles. The second kappa shape index (κ2) is 11.9. The number of morpholine rings is 1. The number of rotatable bonds is 9. The standard InChI is InChI=1S/C26H32N6O5S2/c1-17-16-37-11-9-32(17)23-15-22(19-13-21(14-19)39(35,36)26-28-8-12-38-26)30-24(31-23)18-3-5-20(6-4-18)29-25(34)27-7-2-10-33/h3-6,8,12,15,17,19,21,33H,2,7,9-11,13-14,16H2,1H3,(H2,27,29,34)/t17-,19?,21?/m0/s1. The highest BCUT2D eigenvalue weighted by Crippen LogP contribution is 2.43. The van der Waals surface area contributed by atoms with E-state index in [1.807, 2.05) is 18.2 Å². The Hall–Kier alpha value is -3.13. The van der Waals surface area contributed by atoms with Gasteiger partial charge in [-0.05, 0) is 50.5 Å². The van der Waals surface area contributed by atoms with Crippen molar-refractivity contribution in [1.82, 2.24) is 20.3 Å². The van der Waals surface area contributed by atoms with E-state index in [2.05, 4.69) is 27.4 Å². The average molecular weight is 573 g/mol. The lowest BCUT2D eigenvalue weighted by Crippen LogP contribution is -2.44. The van der Waals surface area contributed by atoms with Gasteiger partial charge in [0.2, 0.25) is 14.2 Å². The Morgan fingerprint density at radius 3 is 2.72 bits per heavy atom. The fourth-order valence-electron chi connectivity index (χ4n) is 4.72. The van der Waals surface area contributed by atoms with Crippen molar-refractivity contribution in [2.24, 2.45) is 0 Å². The SMILES string of the molecule is C[C@H]1COCCN1c1cc(C2CC(S(=O)(=O)c3nccs3)C2)nc(-c2ccc(NC(=O)NCCCO)cc2)n1. The van der Waals surface area contributed by atoms with Crippen molar-refractivity contribution in [2.45, 2.75) is 47.7 Å². The van der Waals surface area contributed by atoms with Crippen LogP contribution in [0.1, 0.15) is 37.8 Å². The zero-order valence-electron chi connectivity index (χ0n) is 21.6. The molecule has 3 aromatic rings. The maximum Gasteiger partial charge on any atom is 0.319 e. The van der Waals surface area contributed by atoms with E-state index in [1.54, 1.807) is 17.5 Å². The molecular weight excluding hydrogens is 540 g/mol.